The number of aromatic nitrogens is 3. The lowest BCUT2D eigenvalue weighted by Crippen LogP contribution is -2.14. The van der Waals surface area contributed by atoms with Gasteiger partial charge in [-0.15, -0.1) is 5.10 Å². The maximum atomic E-state index is 11.9. The van der Waals surface area contributed by atoms with Crippen LogP contribution < -0.4 is 5.73 Å². The molecule has 0 aliphatic heterocycles. The highest BCUT2D eigenvalue weighted by Gasteiger charge is 2.14. The number of hydrogen-bond acceptors (Lipinski definition) is 4. The summed E-state index contributed by atoms with van der Waals surface area (Å²) in [6, 6.07) is 7.06. The Morgan fingerprint density at radius 2 is 2.05 bits per heavy atom. The molecule has 2 N–H and O–H groups in total. The van der Waals surface area contributed by atoms with Crippen molar-refractivity contribution >= 4 is 23.5 Å². The summed E-state index contributed by atoms with van der Waals surface area (Å²) in [5, 5.41) is 4.78. The molecule has 0 unspecified atom stereocenters. The van der Waals surface area contributed by atoms with E-state index < -0.39 is 0 Å². The van der Waals surface area contributed by atoms with Crippen LogP contribution in [0, 0.1) is 0 Å². The molecule has 1 aromatic carbocycles. The number of unbranched alkanes of at least 4 members (excludes halogenated alkanes) is 1. The molecule has 2 aromatic rings. The van der Waals surface area contributed by atoms with Crippen molar-refractivity contribution in [2.45, 2.75) is 26.2 Å². The van der Waals surface area contributed by atoms with Gasteiger partial charge in [0.05, 0.1) is 0 Å². The monoisotopic (exact) mass is 278 g/mol. The van der Waals surface area contributed by atoms with Crippen LogP contribution in [-0.4, -0.2) is 20.7 Å². The Morgan fingerprint density at radius 3 is 2.68 bits per heavy atom. The number of carbonyl (C=O) groups is 1. The highest BCUT2D eigenvalue weighted by molar-refractivity contribution is 6.30. The van der Waals surface area contributed by atoms with Crippen molar-refractivity contribution in [3.8, 4) is 11.4 Å². The average Bonchev–Trinajstić information content (AvgIpc) is 2.79. The number of halogens is 1. The lowest BCUT2D eigenvalue weighted by atomic mass is 10.2. The van der Waals surface area contributed by atoms with E-state index in [-0.39, 0.29) is 11.9 Å². The van der Waals surface area contributed by atoms with Crippen molar-refractivity contribution in [3.05, 3.63) is 29.3 Å². The van der Waals surface area contributed by atoms with Crippen LogP contribution in [0.1, 0.15) is 31.0 Å². The quantitative estimate of drug-likeness (QED) is 0.933. The third kappa shape index (κ3) is 3.12. The molecule has 0 bridgehead atoms. The maximum Gasteiger partial charge on any atom is 0.250 e. The van der Waals surface area contributed by atoms with Crippen molar-refractivity contribution in [2.75, 3.05) is 5.73 Å². The van der Waals surface area contributed by atoms with Gasteiger partial charge in [-0.05, 0) is 30.7 Å². The Labute approximate surface area is 116 Å². The van der Waals surface area contributed by atoms with E-state index >= 15 is 0 Å². The fraction of sp³-hybridized carbons (Fsp3) is 0.308. The topological polar surface area (TPSA) is 73.8 Å². The normalized spacial score (nSPS) is 10.6. The van der Waals surface area contributed by atoms with E-state index in [0.29, 0.717) is 17.3 Å². The molecule has 0 atom stereocenters. The smallest absolute Gasteiger partial charge is 0.250 e. The van der Waals surface area contributed by atoms with Crippen LogP contribution in [0.5, 0.6) is 0 Å². The Bertz CT molecular complexity index is 577. The average molecular weight is 279 g/mol. The summed E-state index contributed by atoms with van der Waals surface area (Å²) in [6.45, 7) is 2.02. The second-order valence-electron chi connectivity index (χ2n) is 4.21. The molecule has 1 heterocycles. The number of hydrogen-bond donors (Lipinski definition) is 1. The van der Waals surface area contributed by atoms with E-state index in [1.807, 2.05) is 6.92 Å². The predicted molar refractivity (Wildman–Crippen MR) is 75.0 cm³/mol. The van der Waals surface area contributed by atoms with Gasteiger partial charge in [-0.3, -0.25) is 4.79 Å². The zero-order valence-corrected chi connectivity index (χ0v) is 11.4. The second kappa shape index (κ2) is 5.84. The Balaban J connectivity index is 2.25. The first-order valence-corrected chi connectivity index (χ1v) is 6.51. The number of nitrogens with two attached hydrogens (primary N) is 1. The molecule has 19 heavy (non-hydrogen) atoms. The van der Waals surface area contributed by atoms with Gasteiger partial charge in [-0.25, -0.2) is 0 Å². The molecular weight excluding hydrogens is 264 g/mol. The molecule has 0 aliphatic rings. The highest BCUT2D eigenvalue weighted by Crippen LogP contribution is 2.19. The number of nitrogen functional groups attached to an aromatic ring is 1. The number of nitrogens with zero attached hydrogens (tertiary/aromatic N) is 3. The largest absolute Gasteiger partial charge is 0.368 e. The molecule has 100 valence electrons. The van der Waals surface area contributed by atoms with Gasteiger partial charge in [0.15, 0.2) is 5.82 Å². The molecule has 0 radical (unpaired) electrons. The minimum atomic E-state index is -0.132. The van der Waals surface area contributed by atoms with Gasteiger partial charge in [0.2, 0.25) is 11.9 Å². The van der Waals surface area contributed by atoms with Crippen molar-refractivity contribution in [1.82, 2.24) is 14.8 Å². The molecule has 0 amide bonds. The molecule has 2 rings (SSSR count). The van der Waals surface area contributed by atoms with E-state index in [4.69, 9.17) is 17.3 Å². The lowest BCUT2D eigenvalue weighted by molar-refractivity contribution is 0.0887. The van der Waals surface area contributed by atoms with Crippen LogP contribution in [0.3, 0.4) is 0 Å². The van der Waals surface area contributed by atoms with Crippen LogP contribution in [0.15, 0.2) is 24.3 Å². The second-order valence-corrected chi connectivity index (χ2v) is 4.65. The Kier molecular flexibility index (Phi) is 4.16. The number of anilines is 1. The van der Waals surface area contributed by atoms with E-state index in [9.17, 15) is 4.79 Å². The SMILES string of the molecule is CCCCC(=O)n1nc(-c2ccc(Cl)cc2)nc1N. The molecule has 0 saturated carbocycles. The van der Waals surface area contributed by atoms with Gasteiger partial charge in [0.25, 0.3) is 0 Å². The lowest BCUT2D eigenvalue weighted by Gasteiger charge is -1.99. The molecule has 6 heteroatoms. The summed E-state index contributed by atoms with van der Waals surface area (Å²) in [5.74, 6) is 0.414. The van der Waals surface area contributed by atoms with Crippen LogP contribution in [0.4, 0.5) is 5.95 Å². The van der Waals surface area contributed by atoms with Crippen LogP contribution in [0.25, 0.3) is 11.4 Å². The molecule has 0 saturated heterocycles. The number of carbonyl (C=O) groups excluding carboxylic acids is 1. The zero-order valence-electron chi connectivity index (χ0n) is 10.6. The third-order valence-electron chi connectivity index (χ3n) is 2.72. The zero-order chi connectivity index (χ0) is 13.8. The van der Waals surface area contributed by atoms with Gasteiger partial charge in [-0.2, -0.15) is 9.67 Å². The summed E-state index contributed by atoms with van der Waals surface area (Å²) in [6.07, 6.45) is 2.18. The van der Waals surface area contributed by atoms with E-state index in [1.165, 1.54) is 4.68 Å². The van der Waals surface area contributed by atoms with Gasteiger partial charge in [-0.1, -0.05) is 24.9 Å². The maximum absolute atomic E-state index is 11.9. The van der Waals surface area contributed by atoms with E-state index in [2.05, 4.69) is 10.1 Å². The van der Waals surface area contributed by atoms with Gasteiger partial charge < -0.3 is 5.73 Å². The van der Waals surface area contributed by atoms with Gasteiger partial charge in [0.1, 0.15) is 0 Å². The molecule has 0 fully saturated rings. The summed E-state index contributed by atoms with van der Waals surface area (Å²) >= 11 is 5.82. The first-order valence-electron chi connectivity index (χ1n) is 6.13. The van der Waals surface area contributed by atoms with Crippen molar-refractivity contribution < 1.29 is 4.79 Å². The van der Waals surface area contributed by atoms with Crippen LogP contribution in [-0.2, 0) is 0 Å². The molecule has 1 aromatic heterocycles. The van der Waals surface area contributed by atoms with E-state index in [0.717, 1.165) is 18.4 Å². The third-order valence-corrected chi connectivity index (χ3v) is 2.97. The molecule has 0 aliphatic carbocycles. The summed E-state index contributed by atoms with van der Waals surface area (Å²) in [5.41, 5.74) is 6.50. The number of benzene rings is 1. The molecular formula is C13H15ClN4O. The first kappa shape index (κ1) is 13.5. The predicted octanol–water partition coefficient (Wildman–Crippen LogP) is 3.01. The summed E-state index contributed by atoms with van der Waals surface area (Å²) in [7, 11) is 0. The fourth-order valence-corrected chi connectivity index (χ4v) is 1.79. The Morgan fingerprint density at radius 1 is 1.37 bits per heavy atom. The summed E-state index contributed by atoms with van der Waals surface area (Å²) in [4.78, 5) is 16.0. The molecule has 5 nitrogen and oxygen atoms in total. The minimum Gasteiger partial charge on any atom is -0.368 e. The standard InChI is InChI=1S/C13H15ClN4O/c1-2-3-4-11(19)18-13(15)16-12(17-18)9-5-7-10(14)8-6-9/h5-8H,2-4H2,1H3,(H2,15,16,17). The fourth-order valence-electron chi connectivity index (χ4n) is 1.66. The van der Waals surface area contributed by atoms with Gasteiger partial charge >= 0.3 is 0 Å². The van der Waals surface area contributed by atoms with Crippen molar-refractivity contribution in [2.24, 2.45) is 0 Å². The Hall–Kier alpha value is -1.88. The first-order chi connectivity index (χ1) is 9.11. The summed E-state index contributed by atoms with van der Waals surface area (Å²) < 4.78 is 1.17. The van der Waals surface area contributed by atoms with Crippen LogP contribution in [0.2, 0.25) is 5.02 Å². The van der Waals surface area contributed by atoms with Gasteiger partial charge in [0, 0.05) is 17.0 Å². The van der Waals surface area contributed by atoms with Crippen molar-refractivity contribution in [3.63, 3.8) is 0 Å². The number of rotatable bonds is 4. The van der Waals surface area contributed by atoms with E-state index in [1.54, 1.807) is 24.3 Å². The minimum absolute atomic E-state index is 0.117. The van der Waals surface area contributed by atoms with Crippen molar-refractivity contribution in [1.29, 1.82) is 0 Å². The van der Waals surface area contributed by atoms with Crippen LogP contribution >= 0.6 is 11.6 Å². The molecule has 0 spiro atoms. The highest BCUT2D eigenvalue weighted by atomic mass is 35.5.